The molecule has 0 radical (unpaired) electrons. The Bertz CT molecular complexity index is 555. The van der Waals surface area contributed by atoms with Gasteiger partial charge in [0.25, 0.3) is 5.69 Å². The number of benzene rings is 1. The number of thiol groups is 1. The topological polar surface area (TPSA) is 81.5 Å². The van der Waals surface area contributed by atoms with Crippen LogP contribution in [0.5, 0.6) is 0 Å². The predicted octanol–water partition coefficient (Wildman–Crippen LogP) is 3.79. The molecule has 0 aliphatic carbocycles. The Morgan fingerprint density at radius 3 is 2.59 bits per heavy atom. The van der Waals surface area contributed by atoms with Crippen molar-refractivity contribution in [1.29, 1.82) is 0 Å². The molecule has 1 unspecified atom stereocenters. The maximum absolute atomic E-state index is 11.5. The average molecular weight is 326 g/mol. The van der Waals surface area contributed by atoms with Gasteiger partial charge in [0.15, 0.2) is 0 Å². The van der Waals surface area contributed by atoms with E-state index in [-0.39, 0.29) is 10.9 Å². The number of nitro benzene ring substituents is 1. The van der Waals surface area contributed by atoms with Crippen LogP contribution in [0.15, 0.2) is 18.2 Å². The van der Waals surface area contributed by atoms with Gasteiger partial charge >= 0.3 is 6.09 Å². The molecule has 6 nitrogen and oxygen atoms in total. The third-order valence-electron chi connectivity index (χ3n) is 2.91. The highest BCUT2D eigenvalue weighted by atomic mass is 32.1. The lowest BCUT2D eigenvalue weighted by Crippen LogP contribution is -2.33. The second kappa shape index (κ2) is 7.49. The van der Waals surface area contributed by atoms with E-state index in [1.165, 1.54) is 12.1 Å². The SMILES string of the molecule is Cc1cc([N+](=O)[O-])ccc1C(S)CCNC(=O)OC(C)(C)C. The first-order valence-electron chi connectivity index (χ1n) is 7.00. The van der Waals surface area contributed by atoms with Crippen LogP contribution < -0.4 is 5.32 Å². The van der Waals surface area contributed by atoms with Gasteiger partial charge in [0.2, 0.25) is 0 Å². The molecule has 122 valence electrons. The van der Waals surface area contributed by atoms with E-state index in [4.69, 9.17) is 4.74 Å². The number of carbonyl (C=O) groups excluding carboxylic acids is 1. The third kappa shape index (κ3) is 5.93. The summed E-state index contributed by atoms with van der Waals surface area (Å²) >= 11 is 4.50. The summed E-state index contributed by atoms with van der Waals surface area (Å²) in [5, 5.41) is 13.3. The highest BCUT2D eigenvalue weighted by Gasteiger charge is 2.17. The molecule has 7 heteroatoms. The highest BCUT2D eigenvalue weighted by Crippen LogP contribution is 2.28. The van der Waals surface area contributed by atoms with Crippen LogP contribution in [0, 0.1) is 17.0 Å². The molecule has 0 saturated heterocycles. The Labute approximate surface area is 135 Å². The van der Waals surface area contributed by atoms with Crippen molar-refractivity contribution < 1.29 is 14.5 Å². The fraction of sp³-hybridized carbons (Fsp3) is 0.533. The zero-order valence-corrected chi connectivity index (χ0v) is 14.1. The molecule has 0 aliphatic heterocycles. The number of hydrogen-bond donors (Lipinski definition) is 2. The number of non-ortho nitro benzene ring substituents is 1. The largest absolute Gasteiger partial charge is 0.444 e. The van der Waals surface area contributed by atoms with E-state index in [0.29, 0.717) is 13.0 Å². The summed E-state index contributed by atoms with van der Waals surface area (Å²) in [7, 11) is 0. The van der Waals surface area contributed by atoms with E-state index >= 15 is 0 Å². The first-order chi connectivity index (χ1) is 10.1. The zero-order chi connectivity index (χ0) is 16.9. The van der Waals surface area contributed by atoms with E-state index in [1.54, 1.807) is 26.8 Å². The normalized spacial score (nSPS) is 12.6. The molecule has 22 heavy (non-hydrogen) atoms. The van der Waals surface area contributed by atoms with E-state index in [9.17, 15) is 14.9 Å². The van der Waals surface area contributed by atoms with Gasteiger partial charge in [0.1, 0.15) is 5.60 Å². The Morgan fingerprint density at radius 1 is 1.45 bits per heavy atom. The summed E-state index contributed by atoms with van der Waals surface area (Å²) in [5.41, 5.74) is 1.26. The molecule has 0 spiro atoms. The van der Waals surface area contributed by atoms with Gasteiger partial charge in [-0.05, 0) is 45.2 Å². The molecule has 1 aromatic rings. The minimum Gasteiger partial charge on any atom is -0.444 e. The quantitative estimate of drug-likeness (QED) is 0.490. The Morgan fingerprint density at radius 2 is 2.09 bits per heavy atom. The molecule has 1 N–H and O–H groups in total. The van der Waals surface area contributed by atoms with Gasteiger partial charge in [-0.3, -0.25) is 10.1 Å². The molecule has 0 saturated carbocycles. The lowest BCUT2D eigenvalue weighted by Gasteiger charge is -2.20. The molecule has 0 aromatic heterocycles. The second-order valence-electron chi connectivity index (χ2n) is 6.03. The predicted molar refractivity (Wildman–Crippen MR) is 88.4 cm³/mol. The second-order valence-corrected chi connectivity index (χ2v) is 6.65. The standard InChI is InChI=1S/C15H22N2O4S/c1-10-9-11(17(19)20)5-6-12(10)13(22)7-8-16-14(18)21-15(2,3)4/h5-6,9,13,22H,7-8H2,1-4H3,(H,16,18). The molecule has 0 heterocycles. The van der Waals surface area contributed by atoms with Crippen LogP contribution in [0.25, 0.3) is 0 Å². The van der Waals surface area contributed by atoms with Gasteiger partial charge in [-0.1, -0.05) is 6.07 Å². The van der Waals surface area contributed by atoms with Crippen molar-refractivity contribution in [3.8, 4) is 0 Å². The Kier molecular flexibility index (Phi) is 6.22. The lowest BCUT2D eigenvalue weighted by atomic mass is 10.0. The van der Waals surface area contributed by atoms with Crippen molar-refractivity contribution in [3.05, 3.63) is 39.4 Å². The van der Waals surface area contributed by atoms with Crippen molar-refractivity contribution >= 4 is 24.4 Å². The number of nitrogens with one attached hydrogen (secondary N) is 1. The van der Waals surface area contributed by atoms with Crippen LogP contribution in [0.3, 0.4) is 0 Å². The minimum absolute atomic E-state index is 0.0636. The van der Waals surface area contributed by atoms with E-state index in [0.717, 1.165) is 11.1 Å². The zero-order valence-electron chi connectivity index (χ0n) is 13.3. The molecular formula is C15H22N2O4S. The van der Waals surface area contributed by atoms with E-state index in [2.05, 4.69) is 17.9 Å². The lowest BCUT2D eigenvalue weighted by molar-refractivity contribution is -0.384. The van der Waals surface area contributed by atoms with Crippen molar-refractivity contribution in [2.24, 2.45) is 0 Å². The fourth-order valence-electron chi connectivity index (χ4n) is 1.93. The van der Waals surface area contributed by atoms with Gasteiger partial charge in [0.05, 0.1) is 4.92 Å². The van der Waals surface area contributed by atoms with Crippen LogP contribution in [0.1, 0.15) is 43.6 Å². The van der Waals surface area contributed by atoms with Crippen molar-refractivity contribution in [2.75, 3.05) is 6.54 Å². The van der Waals surface area contributed by atoms with E-state index < -0.39 is 16.6 Å². The summed E-state index contributed by atoms with van der Waals surface area (Å²) in [4.78, 5) is 21.8. The number of amides is 1. The maximum atomic E-state index is 11.5. The number of nitro groups is 1. The van der Waals surface area contributed by atoms with Crippen LogP contribution in [-0.4, -0.2) is 23.2 Å². The summed E-state index contributed by atoms with van der Waals surface area (Å²) in [6.45, 7) is 7.63. The molecule has 1 rings (SSSR count). The highest BCUT2D eigenvalue weighted by molar-refractivity contribution is 7.80. The van der Waals surface area contributed by atoms with Crippen LogP contribution in [0.2, 0.25) is 0 Å². The first kappa shape index (κ1) is 18.3. The molecule has 0 bridgehead atoms. The first-order valence-corrected chi connectivity index (χ1v) is 7.51. The third-order valence-corrected chi connectivity index (χ3v) is 3.45. The summed E-state index contributed by atoms with van der Waals surface area (Å²) in [6, 6.07) is 4.70. The molecule has 0 fully saturated rings. The summed E-state index contributed by atoms with van der Waals surface area (Å²) in [6.07, 6.45) is 0.134. The Hall–Kier alpha value is -1.76. The molecule has 0 aliphatic rings. The summed E-state index contributed by atoms with van der Waals surface area (Å²) < 4.78 is 5.14. The number of alkyl carbamates (subject to hydrolysis) is 1. The molecule has 1 atom stereocenters. The number of ether oxygens (including phenoxy) is 1. The van der Waals surface area contributed by atoms with Gasteiger partial charge in [-0.15, -0.1) is 0 Å². The van der Waals surface area contributed by atoms with E-state index in [1.807, 2.05) is 6.92 Å². The van der Waals surface area contributed by atoms with Crippen molar-refractivity contribution in [1.82, 2.24) is 5.32 Å². The molecule has 1 amide bonds. The average Bonchev–Trinajstić information content (AvgIpc) is 2.35. The number of carbonyl (C=O) groups is 1. The van der Waals surface area contributed by atoms with Crippen molar-refractivity contribution in [2.45, 2.75) is 45.0 Å². The van der Waals surface area contributed by atoms with Crippen molar-refractivity contribution in [3.63, 3.8) is 0 Å². The maximum Gasteiger partial charge on any atom is 0.407 e. The van der Waals surface area contributed by atoms with Crippen LogP contribution in [0.4, 0.5) is 10.5 Å². The number of nitrogens with zero attached hydrogens (tertiary/aromatic N) is 1. The molecule has 1 aromatic carbocycles. The monoisotopic (exact) mass is 326 g/mol. The summed E-state index contributed by atoms with van der Waals surface area (Å²) in [5.74, 6) is 0. The van der Waals surface area contributed by atoms with Gasteiger partial charge < -0.3 is 10.1 Å². The van der Waals surface area contributed by atoms with Gasteiger partial charge in [-0.25, -0.2) is 4.79 Å². The fourth-order valence-corrected chi connectivity index (χ4v) is 2.35. The number of rotatable bonds is 5. The van der Waals surface area contributed by atoms with Gasteiger partial charge in [-0.2, -0.15) is 12.6 Å². The van der Waals surface area contributed by atoms with Crippen LogP contribution >= 0.6 is 12.6 Å². The minimum atomic E-state index is -0.528. The van der Waals surface area contributed by atoms with Gasteiger partial charge in [0, 0.05) is 23.9 Å². The Balaban J connectivity index is 2.54. The number of hydrogen-bond acceptors (Lipinski definition) is 5. The molecular weight excluding hydrogens is 304 g/mol. The smallest absolute Gasteiger partial charge is 0.407 e. The number of aryl methyl sites for hydroxylation is 1. The van der Waals surface area contributed by atoms with Crippen LogP contribution in [-0.2, 0) is 4.74 Å².